The van der Waals surface area contributed by atoms with E-state index in [2.05, 4.69) is 0 Å². The smallest absolute Gasteiger partial charge is 0.338 e. The average Bonchev–Trinajstić information content (AvgIpc) is 2.79. The third kappa shape index (κ3) is 2.86. The summed E-state index contributed by atoms with van der Waals surface area (Å²) in [6, 6.07) is 12.5. The Kier molecular flexibility index (Phi) is 3.93. The van der Waals surface area contributed by atoms with E-state index < -0.39 is 11.7 Å². The minimum atomic E-state index is -4.39. The summed E-state index contributed by atoms with van der Waals surface area (Å²) < 4.78 is 40.3. The predicted octanol–water partition coefficient (Wildman–Crippen LogP) is 5.16. The maximum atomic E-state index is 12.8. The largest absolute Gasteiger partial charge is 0.416 e. The SMILES string of the molecule is Cn1c(Sc2cccc(C(F)(F)F)c2)c(C=O)c2ccccc21. The molecule has 3 aromatic rings. The van der Waals surface area contributed by atoms with Crippen LogP contribution in [0.4, 0.5) is 13.2 Å². The molecule has 1 aromatic heterocycles. The third-order valence-corrected chi connectivity index (χ3v) is 4.76. The second-order valence-electron chi connectivity index (χ2n) is 5.04. The van der Waals surface area contributed by atoms with Crippen molar-refractivity contribution in [2.75, 3.05) is 0 Å². The van der Waals surface area contributed by atoms with Gasteiger partial charge in [-0.1, -0.05) is 36.0 Å². The minimum Gasteiger partial charge on any atom is -0.338 e. The van der Waals surface area contributed by atoms with Gasteiger partial charge in [-0.05, 0) is 24.3 Å². The Morgan fingerprint density at radius 2 is 1.83 bits per heavy atom. The first-order valence-electron chi connectivity index (χ1n) is 6.79. The van der Waals surface area contributed by atoms with Crippen molar-refractivity contribution in [3.63, 3.8) is 0 Å². The van der Waals surface area contributed by atoms with Crippen LogP contribution >= 0.6 is 11.8 Å². The number of hydrogen-bond acceptors (Lipinski definition) is 2. The Labute approximate surface area is 134 Å². The second-order valence-corrected chi connectivity index (χ2v) is 6.10. The van der Waals surface area contributed by atoms with Crippen molar-refractivity contribution in [3.05, 3.63) is 59.7 Å². The molecule has 3 rings (SSSR count). The van der Waals surface area contributed by atoms with Crippen LogP contribution in [0.2, 0.25) is 0 Å². The molecule has 0 N–H and O–H groups in total. The van der Waals surface area contributed by atoms with Crippen molar-refractivity contribution < 1.29 is 18.0 Å². The van der Waals surface area contributed by atoms with E-state index in [9.17, 15) is 18.0 Å². The van der Waals surface area contributed by atoms with Gasteiger partial charge in [-0.15, -0.1) is 0 Å². The Hall–Kier alpha value is -2.21. The summed E-state index contributed by atoms with van der Waals surface area (Å²) in [7, 11) is 1.80. The lowest BCUT2D eigenvalue weighted by Crippen LogP contribution is -2.04. The number of aryl methyl sites for hydroxylation is 1. The van der Waals surface area contributed by atoms with E-state index in [0.29, 0.717) is 15.5 Å². The zero-order valence-corrected chi connectivity index (χ0v) is 12.9. The number of alkyl halides is 3. The Morgan fingerprint density at radius 3 is 2.52 bits per heavy atom. The van der Waals surface area contributed by atoms with E-state index >= 15 is 0 Å². The monoisotopic (exact) mass is 335 g/mol. The van der Waals surface area contributed by atoms with Crippen LogP contribution in [0, 0.1) is 0 Å². The molecule has 0 aliphatic carbocycles. The first kappa shape index (κ1) is 15.7. The maximum absolute atomic E-state index is 12.8. The highest BCUT2D eigenvalue weighted by Crippen LogP contribution is 2.38. The number of aromatic nitrogens is 1. The maximum Gasteiger partial charge on any atom is 0.416 e. The van der Waals surface area contributed by atoms with Crippen LogP contribution in [0.3, 0.4) is 0 Å². The fourth-order valence-corrected chi connectivity index (χ4v) is 3.54. The Bertz CT molecular complexity index is 883. The van der Waals surface area contributed by atoms with Gasteiger partial charge in [0.2, 0.25) is 0 Å². The number of benzene rings is 2. The Balaban J connectivity index is 2.09. The minimum absolute atomic E-state index is 0.439. The fraction of sp³-hybridized carbons (Fsp3) is 0.118. The van der Waals surface area contributed by atoms with Gasteiger partial charge in [0, 0.05) is 22.8 Å². The molecule has 0 unspecified atom stereocenters. The van der Waals surface area contributed by atoms with Crippen molar-refractivity contribution in [3.8, 4) is 0 Å². The molecule has 0 fully saturated rings. The highest BCUT2D eigenvalue weighted by Gasteiger charge is 2.30. The normalized spacial score (nSPS) is 11.8. The highest BCUT2D eigenvalue weighted by molar-refractivity contribution is 7.99. The molecule has 0 spiro atoms. The van der Waals surface area contributed by atoms with E-state index in [1.165, 1.54) is 6.07 Å². The summed E-state index contributed by atoms with van der Waals surface area (Å²) in [6.07, 6.45) is -3.64. The molecule has 0 aliphatic rings. The predicted molar refractivity (Wildman–Crippen MR) is 83.9 cm³/mol. The molecule has 118 valence electrons. The van der Waals surface area contributed by atoms with Crippen LogP contribution < -0.4 is 0 Å². The molecule has 2 aromatic carbocycles. The van der Waals surface area contributed by atoms with E-state index in [1.807, 2.05) is 28.8 Å². The highest BCUT2D eigenvalue weighted by atomic mass is 32.2. The number of nitrogens with zero attached hydrogens (tertiary/aromatic N) is 1. The van der Waals surface area contributed by atoms with Crippen molar-refractivity contribution in [2.24, 2.45) is 7.05 Å². The van der Waals surface area contributed by atoms with Gasteiger partial charge in [-0.25, -0.2) is 0 Å². The number of carbonyl (C=O) groups excluding carboxylic acids is 1. The van der Waals surface area contributed by atoms with Crippen molar-refractivity contribution in [1.29, 1.82) is 0 Å². The molecule has 0 atom stereocenters. The summed E-state index contributed by atoms with van der Waals surface area (Å²) in [4.78, 5) is 11.9. The number of carbonyl (C=O) groups is 1. The number of halogens is 3. The van der Waals surface area contributed by atoms with E-state index in [0.717, 1.165) is 41.1 Å². The molecular formula is C17H12F3NOS. The molecular weight excluding hydrogens is 323 g/mol. The molecule has 0 saturated carbocycles. The average molecular weight is 335 g/mol. The van der Waals surface area contributed by atoms with E-state index in [-0.39, 0.29) is 0 Å². The summed E-state index contributed by atoms with van der Waals surface area (Å²) in [5.74, 6) is 0. The van der Waals surface area contributed by atoms with Crippen LogP contribution in [-0.4, -0.2) is 10.9 Å². The molecule has 0 radical (unpaired) electrons. The molecule has 0 bridgehead atoms. The zero-order valence-electron chi connectivity index (χ0n) is 12.1. The van der Waals surface area contributed by atoms with Gasteiger partial charge in [0.15, 0.2) is 6.29 Å². The zero-order chi connectivity index (χ0) is 16.6. The topological polar surface area (TPSA) is 22.0 Å². The number of para-hydroxylation sites is 1. The summed E-state index contributed by atoms with van der Waals surface area (Å²) >= 11 is 1.15. The summed E-state index contributed by atoms with van der Waals surface area (Å²) in [6.45, 7) is 0. The van der Waals surface area contributed by atoms with Gasteiger partial charge in [-0.2, -0.15) is 13.2 Å². The van der Waals surface area contributed by atoms with Gasteiger partial charge in [0.1, 0.15) is 0 Å². The van der Waals surface area contributed by atoms with Crippen LogP contribution in [0.15, 0.2) is 58.5 Å². The van der Waals surface area contributed by atoms with Crippen LogP contribution in [0.5, 0.6) is 0 Å². The first-order chi connectivity index (χ1) is 10.9. The molecule has 0 aliphatic heterocycles. The van der Waals surface area contributed by atoms with Crippen molar-refractivity contribution >= 4 is 29.0 Å². The van der Waals surface area contributed by atoms with E-state index in [4.69, 9.17) is 0 Å². The first-order valence-corrected chi connectivity index (χ1v) is 7.61. The Morgan fingerprint density at radius 1 is 1.09 bits per heavy atom. The number of hydrogen-bond donors (Lipinski definition) is 0. The van der Waals surface area contributed by atoms with Crippen LogP contribution in [-0.2, 0) is 13.2 Å². The second kappa shape index (κ2) is 5.77. The lowest BCUT2D eigenvalue weighted by Gasteiger charge is -2.09. The molecule has 0 amide bonds. The molecule has 0 saturated heterocycles. The number of fused-ring (bicyclic) bond motifs is 1. The number of aldehydes is 1. The molecule has 6 heteroatoms. The fourth-order valence-electron chi connectivity index (χ4n) is 2.48. The van der Waals surface area contributed by atoms with Crippen molar-refractivity contribution in [2.45, 2.75) is 16.1 Å². The molecule has 2 nitrogen and oxygen atoms in total. The summed E-state index contributed by atoms with van der Waals surface area (Å²) in [5, 5.41) is 1.42. The third-order valence-electron chi connectivity index (χ3n) is 3.58. The van der Waals surface area contributed by atoms with Crippen LogP contribution in [0.1, 0.15) is 15.9 Å². The van der Waals surface area contributed by atoms with Crippen LogP contribution in [0.25, 0.3) is 10.9 Å². The van der Waals surface area contributed by atoms with Gasteiger partial charge < -0.3 is 4.57 Å². The van der Waals surface area contributed by atoms with Gasteiger partial charge in [0.25, 0.3) is 0 Å². The summed E-state index contributed by atoms with van der Waals surface area (Å²) in [5.41, 5.74) is 0.656. The standard InChI is InChI=1S/C17H12F3NOS/c1-21-15-8-3-2-7-13(15)14(10-22)16(21)23-12-6-4-5-11(9-12)17(18,19)20/h2-10H,1H3. The molecule has 23 heavy (non-hydrogen) atoms. The quantitative estimate of drug-likeness (QED) is 0.617. The number of rotatable bonds is 3. The van der Waals surface area contributed by atoms with Crippen molar-refractivity contribution in [1.82, 2.24) is 4.57 Å². The lowest BCUT2D eigenvalue weighted by atomic mass is 10.2. The van der Waals surface area contributed by atoms with Gasteiger partial charge >= 0.3 is 6.18 Å². The lowest BCUT2D eigenvalue weighted by molar-refractivity contribution is -0.137. The van der Waals surface area contributed by atoms with E-state index in [1.54, 1.807) is 13.1 Å². The van der Waals surface area contributed by atoms with Gasteiger partial charge in [-0.3, -0.25) is 4.79 Å². The van der Waals surface area contributed by atoms with Gasteiger partial charge in [0.05, 0.1) is 16.2 Å². The molecule has 1 heterocycles.